The van der Waals surface area contributed by atoms with Crippen LogP contribution in [0, 0.1) is 5.82 Å². The number of aromatic amines is 1. The Labute approximate surface area is 159 Å². The number of esters is 1. The second-order valence-electron chi connectivity index (χ2n) is 6.29. The van der Waals surface area contributed by atoms with Crippen molar-refractivity contribution >= 4 is 22.7 Å². The van der Waals surface area contributed by atoms with E-state index < -0.39 is 12.1 Å². The van der Waals surface area contributed by atoms with E-state index in [0.717, 1.165) is 10.9 Å². The van der Waals surface area contributed by atoms with Gasteiger partial charge in [0.1, 0.15) is 5.82 Å². The molecule has 0 saturated carbocycles. The Balaban J connectivity index is 1.55. The maximum atomic E-state index is 13.1. The van der Waals surface area contributed by atoms with Gasteiger partial charge in [-0.15, -0.1) is 0 Å². The Kier molecular flexibility index (Phi) is 4.49. The summed E-state index contributed by atoms with van der Waals surface area (Å²) in [6.45, 7) is 1.53. The molecule has 0 saturated heterocycles. The van der Waals surface area contributed by atoms with Crippen LogP contribution in [0.3, 0.4) is 0 Å². The Morgan fingerprint density at radius 3 is 2.68 bits per heavy atom. The van der Waals surface area contributed by atoms with Crippen LogP contribution in [-0.4, -0.2) is 32.4 Å². The molecule has 0 spiro atoms. The lowest BCUT2D eigenvalue weighted by atomic mass is 10.1. The fraction of sp³-hybridized carbons (Fsp3) is 0.0952. The standard InChI is InChI=1S/C21H16FN3O3/c1-13(20(26)17-10-24-18-5-3-2-4-16(17)18)28-21(27)19-11-23-12-25(19)15-8-6-14(22)7-9-15/h2-13,24H,1H3/t13-/m1/s1. The Morgan fingerprint density at radius 1 is 1.14 bits per heavy atom. The number of halogens is 1. The van der Waals surface area contributed by atoms with Gasteiger partial charge >= 0.3 is 5.97 Å². The number of imidazole rings is 1. The van der Waals surface area contributed by atoms with Crippen LogP contribution in [0.25, 0.3) is 16.6 Å². The first-order valence-electron chi connectivity index (χ1n) is 8.64. The molecule has 1 atom stereocenters. The normalized spacial score (nSPS) is 12.1. The zero-order valence-electron chi connectivity index (χ0n) is 14.9. The zero-order chi connectivity index (χ0) is 19.7. The summed E-state index contributed by atoms with van der Waals surface area (Å²) in [5.41, 5.74) is 1.99. The predicted octanol–water partition coefficient (Wildman–Crippen LogP) is 3.92. The summed E-state index contributed by atoms with van der Waals surface area (Å²) in [5.74, 6) is -1.38. The Hall–Kier alpha value is -3.74. The average molecular weight is 377 g/mol. The van der Waals surface area contributed by atoms with E-state index in [2.05, 4.69) is 9.97 Å². The van der Waals surface area contributed by atoms with Crippen molar-refractivity contribution in [2.45, 2.75) is 13.0 Å². The summed E-state index contributed by atoms with van der Waals surface area (Å²) in [5, 5.41) is 0.770. The van der Waals surface area contributed by atoms with Crippen molar-refractivity contribution in [2.24, 2.45) is 0 Å². The van der Waals surface area contributed by atoms with E-state index in [-0.39, 0.29) is 17.3 Å². The van der Waals surface area contributed by atoms with Gasteiger partial charge in [-0.2, -0.15) is 0 Å². The molecule has 2 aromatic carbocycles. The monoisotopic (exact) mass is 377 g/mol. The maximum Gasteiger partial charge on any atom is 0.357 e. The van der Waals surface area contributed by atoms with Gasteiger partial charge in [0, 0.05) is 28.4 Å². The highest BCUT2D eigenvalue weighted by atomic mass is 19.1. The first-order valence-corrected chi connectivity index (χ1v) is 8.64. The predicted molar refractivity (Wildman–Crippen MR) is 101 cm³/mol. The smallest absolute Gasteiger partial charge is 0.357 e. The van der Waals surface area contributed by atoms with Crippen LogP contribution < -0.4 is 0 Å². The van der Waals surface area contributed by atoms with Gasteiger partial charge in [0.15, 0.2) is 11.8 Å². The molecule has 0 aliphatic heterocycles. The van der Waals surface area contributed by atoms with Gasteiger partial charge in [-0.25, -0.2) is 14.2 Å². The molecule has 0 aliphatic rings. The van der Waals surface area contributed by atoms with Crippen LogP contribution in [0.15, 0.2) is 67.3 Å². The SMILES string of the molecule is C[C@@H](OC(=O)c1cncn1-c1ccc(F)cc1)C(=O)c1c[nH]c2ccccc12. The molecule has 0 bridgehead atoms. The van der Waals surface area contributed by atoms with Crippen molar-refractivity contribution in [3.63, 3.8) is 0 Å². The van der Waals surface area contributed by atoms with E-state index >= 15 is 0 Å². The van der Waals surface area contributed by atoms with E-state index in [0.29, 0.717) is 11.3 Å². The lowest BCUT2D eigenvalue weighted by Gasteiger charge is -2.13. The number of Topliss-reactive ketones (excluding diaryl/α,β-unsaturated/α-hetero) is 1. The summed E-state index contributed by atoms with van der Waals surface area (Å²) < 4.78 is 20.0. The van der Waals surface area contributed by atoms with Crippen LogP contribution >= 0.6 is 0 Å². The minimum absolute atomic E-state index is 0.144. The van der Waals surface area contributed by atoms with Crippen LogP contribution in [0.5, 0.6) is 0 Å². The number of carbonyl (C=O) groups excluding carboxylic acids is 2. The second-order valence-corrected chi connectivity index (χ2v) is 6.29. The maximum absolute atomic E-state index is 13.1. The molecule has 4 aromatic rings. The van der Waals surface area contributed by atoms with E-state index in [4.69, 9.17) is 4.74 Å². The number of ketones is 1. The number of nitrogens with zero attached hydrogens (tertiary/aromatic N) is 2. The summed E-state index contributed by atoms with van der Waals surface area (Å²) in [4.78, 5) is 32.4. The number of benzene rings is 2. The molecular formula is C21H16FN3O3. The molecule has 0 fully saturated rings. The Bertz CT molecular complexity index is 1160. The molecule has 28 heavy (non-hydrogen) atoms. The third-order valence-corrected chi connectivity index (χ3v) is 4.46. The lowest BCUT2D eigenvalue weighted by Crippen LogP contribution is -2.25. The molecular weight excluding hydrogens is 361 g/mol. The third kappa shape index (κ3) is 3.18. The number of carbonyl (C=O) groups is 2. The van der Waals surface area contributed by atoms with E-state index in [1.165, 1.54) is 48.3 Å². The summed E-state index contributed by atoms with van der Waals surface area (Å²) in [6, 6.07) is 13.0. The molecule has 6 nitrogen and oxygen atoms in total. The first kappa shape index (κ1) is 17.7. The molecule has 0 unspecified atom stereocenters. The number of aromatic nitrogens is 3. The van der Waals surface area contributed by atoms with Crippen molar-refractivity contribution in [1.29, 1.82) is 0 Å². The van der Waals surface area contributed by atoms with E-state index in [9.17, 15) is 14.0 Å². The quantitative estimate of drug-likeness (QED) is 0.422. The van der Waals surface area contributed by atoms with Gasteiger partial charge in [0.05, 0.1) is 12.5 Å². The van der Waals surface area contributed by atoms with Gasteiger partial charge in [-0.3, -0.25) is 9.36 Å². The number of nitrogens with one attached hydrogen (secondary N) is 1. The molecule has 1 N–H and O–H groups in total. The van der Waals surface area contributed by atoms with Gasteiger partial charge < -0.3 is 9.72 Å². The topological polar surface area (TPSA) is 77.0 Å². The summed E-state index contributed by atoms with van der Waals surface area (Å²) in [7, 11) is 0. The largest absolute Gasteiger partial charge is 0.450 e. The number of hydrogen-bond acceptors (Lipinski definition) is 4. The molecule has 0 amide bonds. The fourth-order valence-corrected chi connectivity index (χ4v) is 3.02. The number of hydrogen-bond donors (Lipinski definition) is 1. The van der Waals surface area contributed by atoms with Crippen LogP contribution in [0.2, 0.25) is 0 Å². The summed E-state index contributed by atoms with van der Waals surface area (Å²) in [6.07, 6.45) is 3.40. The molecule has 2 heterocycles. The van der Waals surface area contributed by atoms with Crippen molar-refractivity contribution in [3.8, 4) is 5.69 Å². The van der Waals surface area contributed by atoms with Crippen molar-refractivity contribution in [2.75, 3.05) is 0 Å². The number of ether oxygens (including phenoxy) is 1. The molecule has 7 heteroatoms. The average Bonchev–Trinajstić information content (AvgIpc) is 3.35. The molecule has 140 valence electrons. The highest BCUT2D eigenvalue weighted by molar-refractivity contribution is 6.10. The van der Waals surface area contributed by atoms with E-state index in [1.807, 2.05) is 24.3 Å². The van der Waals surface area contributed by atoms with Crippen LogP contribution in [-0.2, 0) is 4.74 Å². The van der Waals surface area contributed by atoms with Gasteiger partial charge in [-0.1, -0.05) is 18.2 Å². The minimum Gasteiger partial charge on any atom is -0.450 e. The lowest BCUT2D eigenvalue weighted by molar-refractivity contribution is 0.0311. The number of rotatable bonds is 5. The third-order valence-electron chi connectivity index (χ3n) is 4.46. The van der Waals surface area contributed by atoms with Gasteiger partial charge in [0.25, 0.3) is 0 Å². The molecule has 0 aliphatic carbocycles. The van der Waals surface area contributed by atoms with Crippen LogP contribution in [0.1, 0.15) is 27.8 Å². The van der Waals surface area contributed by atoms with Gasteiger partial charge in [-0.05, 0) is 37.3 Å². The number of fused-ring (bicyclic) bond motifs is 1. The van der Waals surface area contributed by atoms with Crippen molar-refractivity contribution in [3.05, 3.63) is 84.3 Å². The molecule has 0 radical (unpaired) electrons. The number of H-pyrrole nitrogens is 1. The first-order chi connectivity index (χ1) is 13.5. The fourth-order valence-electron chi connectivity index (χ4n) is 3.02. The van der Waals surface area contributed by atoms with Crippen molar-refractivity contribution in [1.82, 2.24) is 14.5 Å². The van der Waals surface area contributed by atoms with Crippen LogP contribution in [0.4, 0.5) is 4.39 Å². The number of para-hydroxylation sites is 1. The van der Waals surface area contributed by atoms with Crippen molar-refractivity contribution < 1.29 is 18.7 Å². The zero-order valence-corrected chi connectivity index (χ0v) is 14.9. The van der Waals surface area contributed by atoms with Gasteiger partial charge in [0.2, 0.25) is 5.78 Å². The Morgan fingerprint density at radius 2 is 1.89 bits per heavy atom. The summed E-state index contributed by atoms with van der Waals surface area (Å²) >= 11 is 0. The van der Waals surface area contributed by atoms with E-state index in [1.54, 1.807) is 6.20 Å². The minimum atomic E-state index is -0.983. The highest BCUT2D eigenvalue weighted by Crippen LogP contribution is 2.21. The molecule has 4 rings (SSSR count). The second kappa shape index (κ2) is 7.11. The molecule has 2 aromatic heterocycles. The highest BCUT2D eigenvalue weighted by Gasteiger charge is 2.24.